The summed E-state index contributed by atoms with van der Waals surface area (Å²) < 4.78 is 5.09. The number of alkyl carbamates (subject to hydrolysis) is 1. The molecule has 0 aromatic heterocycles. The van der Waals surface area contributed by atoms with Gasteiger partial charge in [-0.05, 0) is 34.6 Å². The van der Waals surface area contributed by atoms with Gasteiger partial charge in [0, 0.05) is 0 Å². The van der Waals surface area contributed by atoms with E-state index >= 15 is 0 Å². The predicted octanol–water partition coefficient (Wildman–Crippen LogP) is 1.63. The first kappa shape index (κ1) is 15.0. The number of β-lactam (4-membered cyclic amide) rings is 1. The minimum absolute atomic E-state index is 0.117. The minimum Gasteiger partial charge on any atom is -0.444 e. The number of hydroxylamine groups is 2. The van der Waals surface area contributed by atoms with Crippen molar-refractivity contribution in [3.63, 3.8) is 0 Å². The Bertz CT molecular complexity index is 351. The number of carbonyl (C=O) groups excluding carboxylic acids is 2. The first-order valence-corrected chi connectivity index (χ1v) is 6.15. The van der Waals surface area contributed by atoms with Crippen molar-refractivity contribution in [2.75, 3.05) is 6.07 Å². The average molecular weight is 279 g/mol. The molecule has 7 heteroatoms. The second kappa shape index (κ2) is 4.93. The third-order valence-electron chi connectivity index (χ3n) is 2.52. The molecular formula is C11H19ClN2O4. The summed E-state index contributed by atoms with van der Waals surface area (Å²) >= 11 is 5.41. The second-order valence-corrected chi connectivity index (χ2v) is 5.82. The smallest absolute Gasteiger partial charge is 0.408 e. The molecule has 1 saturated heterocycles. The van der Waals surface area contributed by atoms with Crippen LogP contribution in [0.4, 0.5) is 4.79 Å². The van der Waals surface area contributed by atoms with E-state index < -0.39 is 23.3 Å². The highest BCUT2D eigenvalue weighted by molar-refractivity contribution is 6.17. The fourth-order valence-corrected chi connectivity index (χ4v) is 1.79. The van der Waals surface area contributed by atoms with Gasteiger partial charge in [0.25, 0.3) is 5.91 Å². The number of carbonyl (C=O) groups is 2. The van der Waals surface area contributed by atoms with Gasteiger partial charge < -0.3 is 10.1 Å². The Kier molecular flexibility index (Phi) is 4.12. The quantitative estimate of drug-likeness (QED) is 0.629. The van der Waals surface area contributed by atoms with Crippen molar-refractivity contribution in [2.24, 2.45) is 0 Å². The fraction of sp³-hybridized carbons (Fsp3) is 0.818. The zero-order chi connectivity index (χ0) is 14.1. The molecule has 0 radical (unpaired) electrons. The molecule has 0 unspecified atom stereocenters. The van der Waals surface area contributed by atoms with Crippen LogP contribution in [0.15, 0.2) is 0 Å². The van der Waals surface area contributed by atoms with Gasteiger partial charge in [-0.2, -0.15) is 0 Å². The Labute approximate surface area is 111 Å². The molecule has 0 aliphatic carbocycles. The summed E-state index contributed by atoms with van der Waals surface area (Å²) in [6, 6.07) is -0.788. The van der Waals surface area contributed by atoms with Crippen LogP contribution in [0.1, 0.15) is 34.6 Å². The molecule has 104 valence electrons. The maximum Gasteiger partial charge on any atom is 0.408 e. The molecule has 1 aliphatic heterocycles. The van der Waals surface area contributed by atoms with Crippen LogP contribution >= 0.6 is 11.6 Å². The molecule has 1 rings (SSSR count). The van der Waals surface area contributed by atoms with Crippen molar-refractivity contribution in [3.05, 3.63) is 0 Å². The number of hydrogen-bond donors (Lipinski definition) is 1. The van der Waals surface area contributed by atoms with Gasteiger partial charge in [0.05, 0.1) is 5.54 Å². The van der Waals surface area contributed by atoms with E-state index in [1.165, 1.54) is 0 Å². The van der Waals surface area contributed by atoms with Gasteiger partial charge in [-0.1, -0.05) is 11.6 Å². The summed E-state index contributed by atoms with van der Waals surface area (Å²) in [6.45, 7) is 8.79. The molecule has 0 saturated carbocycles. The van der Waals surface area contributed by atoms with Crippen molar-refractivity contribution in [3.8, 4) is 0 Å². The molecule has 0 aromatic carbocycles. The molecule has 6 nitrogen and oxygen atoms in total. The first-order chi connectivity index (χ1) is 8.09. The summed E-state index contributed by atoms with van der Waals surface area (Å²) in [6.07, 6.45) is -0.626. The van der Waals surface area contributed by atoms with E-state index in [0.29, 0.717) is 0 Å². The number of ether oxygens (including phenoxy) is 1. The first-order valence-electron chi connectivity index (χ1n) is 5.62. The lowest BCUT2D eigenvalue weighted by atomic mass is 9.85. The maximum atomic E-state index is 11.7. The van der Waals surface area contributed by atoms with Crippen molar-refractivity contribution >= 4 is 23.6 Å². The molecule has 0 bridgehead atoms. The van der Waals surface area contributed by atoms with Crippen LogP contribution in [0.5, 0.6) is 0 Å². The van der Waals surface area contributed by atoms with E-state index in [9.17, 15) is 9.59 Å². The van der Waals surface area contributed by atoms with Crippen molar-refractivity contribution in [2.45, 2.75) is 51.8 Å². The van der Waals surface area contributed by atoms with E-state index in [-0.39, 0.29) is 12.0 Å². The minimum atomic E-state index is -0.671. The van der Waals surface area contributed by atoms with Gasteiger partial charge in [-0.15, -0.1) is 0 Å². The largest absolute Gasteiger partial charge is 0.444 e. The SMILES string of the molecule is CC(C)(C)OC(=O)N[C@@H]1C(=O)N(OCCl)C1(C)C. The normalized spacial score (nSPS) is 22.4. The van der Waals surface area contributed by atoms with Crippen LogP contribution in [-0.4, -0.2) is 40.3 Å². The number of nitrogens with zero attached hydrogens (tertiary/aromatic N) is 1. The van der Waals surface area contributed by atoms with Gasteiger partial charge in [0.15, 0.2) is 0 Å². The van der Waals surface area contributed by atoms with Crippen LogP contribution in [0.2, 0.25) is 0 Å². The van der Waals surface area contributed by atoms with Crippen LogP contribution in [-0.2, 0) is 14.4 Å². The van der Waals surface area contributed by atoms with Gasteiger partial charge >= 0.3 is 6.09 Å². The third kappa shape index (κ3) is 3.05. The van der Waals surface area contributed by atoms with Gasteiger partial charge in [-0.3, -0.25) is 9.63 Å². The summed E-state index contributed by atoms with van der Waals surface area (Å²) in [5.74, 6) is -0.341. The summed E-state index contributed by atoms with van der Waals surface area (Å²) in [5, 5.41) is 3.68. The van der Waals surface area contributed by atoms with Gasteiger partial charge in [-0.25, -0.2) is 9.86 Å². The van der Waals surface area contributed by atoms with Gasteiger partial charge in [0.2, 0.25) is 0 Å². The molecular weight excluding hydrogens is 260 g/mol. The van der Waals surface area contributed by atoms with Gasteiger partial charge in [0.1, 0.15) is 17.7 Å². The number of amides is 2. The highest BCUT2D eigenvalue weighted by Gasteiger charge is 2.56. The number of alkyl halides is 1. The van der Waals surface area contributed by atoms with Crippen molar-refractivity contribution in [1.29, 1.82) is 0 Å². The van der Waals surface area contributed by atoms with E-state index in [4.69, 9.17) is 21.2 Å². The lowest BCUT2D eigenvalue weighted by Crippen LogP contribution is -2.76. The maximum absolute atomic E-state index is 11.7. The lowest BCUT2D eigenvalue weighted by Gasteiger charge is -2.51. The number of halogens is 1. The molecule has 1 aliphatic rings. The topological polar surface area (TPSA) is 67.9 Å². The molecule has 0 aromatic rings. The summed E-state index contributed by atoms with van der Waals surface area (Å²) in [5.41, 5.74) is -1.25. The summed E-state index contributed by atoms with van der Waals surface area (Å²) in [4.78, 5) is 28.3. The third-order valence-corrected chi connectivity index (χ3v) is 2.61. The molecule has 1 atom stereocenters. The Hall–Kier alpha value is -1.01. The number of rotatable bonds is 3. The highest BCUT2D eigenvalue weighted by atomic mass is 35.5. The van der Waals surface area contributed by atoms with Crippen molar-refractivity contribution < 1.29 is 19.2 Å². The van der Waals surface area contributed by atoms with Crippen LogP contribution in [0.25, 0.3) is 0 Å². The fourth-order valence-electron chi connectivity index (χ4n) is 1.70. The standard InChI is InChI=1S/C11H19ClN2O4/c1-10(2,3)18-9(16)13-7-8(15)14(17-6-12)11(7,4)5/h7H,6H2,1-5H3,(H,13,16)/t7-/m1/s1. The Morgan fingerprint density at radius 3 is 2.44 bits per heavy atom. The van der Waals surface area contributed by atoms with E-state index in [0.717, 1.165) is 5.06 Å². The van der Waals surface area contributed by atoms with Crippen LogP contribution in [0.3, 0.4) is 0 Å². The Morgan fingerprint density at radius 1 is 1.50 bits per heavy atom. The summed E-state index contributed by atoms with van der Waals surface area (Å²) in [7, 11) is 0. The van der Waals surface area contributed by atoms with E-state index in [1.54, 1.807) is 34.6 Å². The molecule has 1 heterocycles. The van der Waals surface area contributed by atoms with Crippen LogP contribution < -0.4 is 5.32 Å². The molecule has 2 amide bonds. The second-order valence-electron chi connectivity index (χ2n) is 5.60. The zero-order valence-electron chi connectivity index (χ0n) is 11.2. The number of nitrogens with one attached hydrogen (secondary N) is 1. The Morgan fingerprint density at radius 2 is 2.06 bits per heavy atom. The molecule has 1 N–H and O–H groups in total. The lowest BCUT2D eigenvalue weighted by molar-refractivity contribution is -0.249. The average Bonchev–Trinajstić information content (AvgIpc) is 2.19. The highest BCUT2D eigenvalue weighted by Crippen LogP contribution is 2.32. The van der Waals surface area contributed by atoms with Crippen molar-refractivity contribution in [1.82, 2.24) is 10.4 Å². The monoisotopic (exact) mass is 278 g/mol. The van der Waals surface area contributed by atoms with Crippen LogP contribution in [0, 0.1) is 0 Å². The zero-order valence-corrected chi connectivity index (χ0v) is 12.0. The predicted molar refractivity (Wildman–Crippen MR) is 65.9 cm³/mol. The Balaban J connectivity index is 2.59. The van der Waals surface area contributed by atoms with E-state index in [1.807, 2.05) is 0 Å². The molecule has 0 spiro atoms. The number of hydrogen-bond acceptors (Lipinski definition) is 4. The molecule has 1 fully saturated rings. The molecule has 18 heavy (non-hydrogen) atoms. The van der Waals surface area contributed by atoms with E-state index in [2.05, 4.69) is 5.32 Å².